The average Bonchev–Trinajstić information content (AvgIpc) is 2.58. The van der Waals surface area contributed by atoms with Gasteiger partial charge in [-0.05, 0) is 38.2 Å². The number of nitrogens with zero attached hydrogens (tertiary/aromatic N) is 5. The van der Waals surface area contributed by atoms with Crippen LogP contribution in [0.25, 0.3) is 0 Å². The van der Waals surface area contributed by atoms with E-state index in [0.29, 0.717) is 0 Å². The molecule has 5 rings (SSSR count). The van der Waals surface area contributed by atoms with Crippen molar-refractivity contribution in [2.24, 2.45) is 5.10 Å². The van der Waals surface area contributed by atoms with Crippen LogP contribution in [0, 0.1) is 0 Å². The summed E-state index contributed by atoms with van der Waals surface area (Å²) in [5.74, 6) is 0. The Balaban J connectivity index is 1.69. The quantitative estimate of drug-likeness (QED) is 0.672. The molecule has 5 heteroatoms. The molecule has 1 aromatic heterocycles. The van der Waals surface area contributed by atoms with Gasteiger partial charge in [0.2, 0.25) is 0 Å². The molecular weight excluding hydrogens is 322 g/mol. The second-order valence-electron chi connectivity index (χ2n) is 7.88. The lowest BCUT2D eigenvalue weighted by molar-refractivity contribution is -0.955. The van der Waals surface area contributed by atoms with Crippen molar-refractivity contribution < 1.29 is 4.59 Å². The van der Waals surface area contributed by atoms with E-state index in [0.717, 1.165) is 57.0 Å². The molecule has 5 nitrogen and oxygen atoms in total. The summed E-state index contributed by atoms with van der Waals surface area (Å²) in [4.78, 5) is 9.96. The topological polar surface area (TPSA) is 31.7 Å². The third-order valence-electron chi connectivity index (χ3n) is 5.53. The fraction of sp³-hybridized carbons (Fsp3) is 0.524. The van der Waals surface area contributed by atoms with Crippen molar-refractivity contribution in [2.45, 2.75) is 25.9 Å². The van der Waals surface area contributed by atoms with Gasteiger partial charge in [0.1, 0.15) is 13.1 Å². The normalized spacial score (nSPS) is 32.5. The molecule has 4 aliphatic rings. The van der Waals surface area contributed by atoms with Gasteiger partial charge < -0.3 is 4.90 Å². The Morgan fingerprint density at radius 3 is 2.77 bits per heavy atom. The lowest BCUT2D eigenvalue weighted by atomic mass is 10.1. The Kier molecular flexibility index (Phi) is 5.29. The molecule has 0 aliphatic carbocycles. The maximum atomic E-state index is 5.01. The molecule has 26 heavy (non-hydrogen) atoms. The van der Waals surface area contributed by atoms with Crippen LogP contribution in [-0.4, -0.2) is 71.4 Å². The van der Waals surface area contributed by atoms with Gasteiger partial charge in [-0.1, -0.05) is 29.4 Å². The van der Waals surface area contributed by atoms with Crippen LogP contribution in [0.5, 0.6) is 0 Å². The van der Waals surface area contributed by atoms with E-state index in [2.05, 4.69) is 59.4 Å². The highest BCUT2D eigenvalue weighted by atomic mass is 15.7. The molecule has 5 bridgehead atoms. The Bertz CT molecular complexity index is 723. The van der Waals surface area contributed by atoms with E-state index in [9.17, 15) is 0 Å². The first-order valence-electron chi connectivity index (χ1n) is 9.85. The molecule has 2 atom stereocenters. The summed E-state index contributed by atoms with van der Waals surface area (Å²) in [6.07, 6.45) is 11.1. The number of quaternary nitrogens is 1. The van der Waals surface area contributed by atoms with Gasteiger partial charge in [0.25, 0.3) is 0 Å². The summed E-state index contributed by atoms with van der Waals surface area (Å²) in [5, 5.41) is 5.01. The predicted molar refractivity (Wildman–Crippen MR) is 106 cm³/mol. The molecule has 4 aliphatic heterocycles. The first kappa shape index (κ1) is 17.6. The van der Waals surface area contributed by atoms with E-state index in [1.54, 1.807) is 0 Å². The van der Waals surface area contributed by atoms with E-state index in [1.807, 2.05) is 0 Å². The van der Waals surface area contributed by atoms with Gasteiger partial charge in [0.05, 0.1) is 11.4 Å². The highest BCUT2D eigenvalue weighted by molar-refractivity contribution is 5.97. The Hall–Kier alpha value is -1.82. The van der Waals surface area contributed by atoms with Crippen LogP contribution in [0.3, 0.4) is 0 Å². The lowest BCUT2D eigenvalue weighted by Gasteiger charge is -2.39. The molecule has 1 spiro atoms. The summed E-state index contributed by atoms with van der Waals surface area (Å²) < 4.78 is 0.803. The van der Waals surface area contributed by atoms with Crippen molar-refractivity contribution in [3.8, 4) is 0 Å². The van der Waals surface area contributed by atoms with Gasteiger partial charge in [-0.3, -0.25) is 9.88 Å². The van der Waals surface area contributed by atoms with E-state index in [4.69, 9.17) is 10.1 Å². The van der Waals surface area contributed by atoms with Crippen LogP contribution in [0.15, 0.2) is 47.6 Å². The predicted octanol–water partition coefficient (Wildman–Crippen LogP) is 2.42. The van der Waals surface area contributed by atoms with Crippen LogP contribution in [0.4, 0.5) is 0 Å². The van der Waals surface area contributed by atoms with E-state index >= 15 is 0 Å². The molecule has 5 heterocycles. The number of allylic oxidation sites excluding steroid dienone is 2. The van der Waals surface area contributed by atoms with E-state index < -0.39 is 0 Å². The summed E-state index contributed by atoms with van der Waals surface area (Å²) in [6.45, 7) is 8.31. The lowest BCUT2D eigenvalue weighted by Crippen LogP contribution is -2.54. The second-order valence-corrected chi connectivity index (χ2v) is 7.88. The molecule has 0 N–H and O–H groups in total. The summed E-state index contributed by atoms with van der Waals surface area (Å²) in [5.41, 5.74) is 3.56. The minimum atomic E-state index is 0.803. The molecule has 0 fully saturated rings. The molecular formula is C21H30N5+. The summed E-state index contributed by atoms with van der Waals surface area (Å²) >= 11 is 0. The Labute approximate surface area is 156 Å². The Morgan fingerprint density at radius 2 is 1.85 bits per heavy atom. The zero-order chi connectivity index (χ0) is 17.8. The monoisotopic (exact) mass is 352 g/mol. The molecule has 138 valence electrons. The fourth-order valence-electron chi connectivity index (χ4n) is 4.19. The van der Waals surface area contributed by atoms with Gasteiger partial charge in [0, 0.05) is 32.6 Å². The maximum Gasteiger partial charge on any atom is 0.152 e. The molecule has 0 aromatic carbocycles. The molecule has 0 saturated heterocycles. The van der Waals surface area contributed by atoms with Crippen LogP contribution < -0.4 is 0 Å². The van der Waals surface area contributed by atoms with Gasteiger partial charge in [0.15, 0.2) is 12.3 Å². The van der Waals surface area contributed by atoms with Crippen molar-refractivity contribution in [2.75, 3.05) is 46.3 Å². The molecule has 0 radical (unpaired) electrons. The van der Waals surface area contributed by atoms with Gasteiger partial charge in [-0.2, -0.15) is 4.59 Å². The number of rotatable bonds is 0. The van der Waals surface area contributed by atoms with Crippen molar-refractivity contribution in [1.29, 1.82) is 0 Å². The number of aromatic nitrogens is 1. The third-order valence-corrected chi connectivity index (χ3v) is 5.53. The largest absolute Gasteiger partial charge is 0.306 e. The second kappa shape index (κ2) is 7.82. The molecule has 0 amide bonds. The zero-order valence-electron chi connectivity index (χ0n) is 15.8. The summed E-state index contributed by atoms with van der Waals surface area (Å²) in [6, 6.07) is 6.50. The van der Waals surface area contributed by atoms with Crippen LogP contribution in [0.2, 0.25) is 0 Å². The van der Waals surface area contributed by atoms with Crippen LogP contribution >= 0.6 is 0 Å². The molecule has 1 aromatic rings. The highest BCUT2D eigenvalue weighted by Gasteiger charge is 2.38. The minimum absolute atomic E-state index is 0.803. The third kappa shape index (κ3) is 4.29. The van der Waals surface area contributed by atoms with Crippen molar-refractivity contribution >= 4 is 5.71 Å². The van der Waals surface area contributed by atoms with Crippen molar-refractivity contribution in [3.05, 3.63) is 53.9 Å². The SMILES string of the molecule is CN1CCCN2C/C=C/C=C/C3=N[N+](CCC1)(C3)Cc1cccc(n1)C2. The van der Waals surface area contributed by atoms with Crippen molar-refractivity contribution in [1.82, 2.24) is 14.8 Å². The van der Waals surface area contributed by atoms with Crippen molar-refractivity contribution in [3.63, 3.8) is 0 Å². The number of fused-ring (bicyclic) bond motifs is 2. The number of hydrogen-bond donors (Lipinski definition) is 0. The van der Waals surface area contributed by atoms with E-state index in [1.165, 1.54) is 29.9 Å². The summed E-state index contributed by atoms with van der Waals surface area (Å²) in [7, 11) is 2.25. The number of hydrogen-bond acceptors (Lipinski definition) is 4. The Morgan fingerprint density at radius 1 is 1.00 bits per heavy atom. The fourth-order valence-corrected chi connectivity index (χ4v) is 4.19. The van der Waals surface area contributed by atoms with Crippen LogP contribution in [0.1, 0.15) is 24.2 Å². The zero-order valence-corrected chi connectivity index (χ0v) is 15.8. The molecule has 0 saturated carbocycles. The first-order valence-corrected chi connectivity index (χ1v) is 9.85. The average molecular weight is 353 g/mol. The maximum absolute atomic E-state index is 5.01. The first-order chi connectivity index (χ1) is 12.7. The van der Waals surface area contributed by atoms with Gasteiger partial charge in [-0.25, -0.2) is 0 Å². The minimum Gasteiger partial charge on any atom is -0.306 e. The highest BCUT2D eigenvalue weighted by Crippen LogP contribution is 2.24. The standard InChI is InChI=1S/C21H30N5/c1-24-11-6-14-25-13-4-2-3-8-21-18-26(23-21,15-7-12-24)17-20-10-5-9-19(16-25)22-20/h2-5,8-10H,6-7,11-18H2,1H3/q+1/b4-2+,8-3+. The molecule has 2 unspecified atom stereocenters. The van der Waals surface area contributed by atoms with Crippen LogP contribution in [-0.2, 0) is 13.1 Å². The van der Waals surface area contributed by atoms with Gasteiger partial charge >= 0.3 is 0 Å². The van der Waals surface area contributed by atoms with Gasteiger partial charge in [-0.15, -0.1) is 0 Å². The smallest absolute Gasteiger partial charge is 0.152 e. The van der Waals surface area contributed by atoms with E-state index in [-0.39, 0.29) is 0 Å². The number of pyridine rings is 1.